The van der Waals surface area contributed by atoms with Crippen LogP contribution in [0.15, 0.2) is 158 Å². The number of thiophene rings is 1. The molecule has 0 saturated heterocycles. The van der Waals surface area contributed by atoms with Gasteiger partial charge >= 0.3 is 0 Å². The second kappa shape index (κ2) is 13.0. The third-order valence-electron chi connectivity index (χ3n) is 11.3. The van der Waals surface area contributed by atoms with Crippen molar-refractivity contribution >= 4 is 49.7 Å². The van der Waals surface area contributed by atoms with Gasteiger partial charge in [0.15, 0.2) is 0 Å². The van der Waals surface area contributed by atoms with Crippen LogP contribution < -0.4 is 0 Å². The second-order valence-corrected chi connectivity index (χ2v) is 15.8. The van der Waals surface area contributed by atoms with E-state index in [9.17, 15) is 5.11 Å². The highest BCUT2D eigenvalue weighted by Crippen LogP contribution is 2.50. The first-order valence-corrected chi connectivity index (χ1v) is 19.6. The quantitative estimate of drug-likeness (QED) is 0.176. The van der Waals surface area contributed by atoms with E-state index in [-0.39, 0.29) is 5.75 Å². The van der Waals surface area contributed by atoms with Gasteiger partial charge in [-0.15, -0.1) is 11.3 Å². The maximum Gasteiger partial charge on any atom is 0.124 e. The van der Waals surface area contributed by atoms with E-state index in [1.165, 1.54) is 75.5 Å². The number of phenols is 1. The zero-order valence-corrected chi connectivity index (χ0v) is 31.2. The molecule has 0 spiro atoms. The van der Waals surface area contributed by atoms with Crippen molar-refractivity contribution in [2.24, 2.45) is 0 Å². The fraction of sp³-hybridized carbons (Fsp3) is 0.0769. The minimum Gasteiger partial charge on any atom is -0.507 e. The molecule has 0 fully saturated rings. The zero-order chi connectivity index (χ0) is 36.3. The standard InChI is InChI=1S/C52H38OS/c1-32-15-14-26-45(51-40-22-10-12-24-42(40)52(47-30-27-33(2)54-47)43-25-13-11-23-41(43)51)48(32)44-29-28-35(31-46(44)53)50-38-20-8-6-18-36(38)49(34-16-4-3-5-17-34)37-19-7-9-21-39(37)50/h3-10,12-22,24-31,53H,11,23H2,1-2H3. The Morgan fingerprint density at radius 1 is 0.481 bits per heavy atom. The van der Waals surface area contributed by atoms with Crippen molar-refractivity contribution in [1.82, 2.24) is 0 Å². The van der Waals surface area contributed by atoms with Crippen LogP contribution in [0.5, 0.6) is 5.75 Å². The highest BCUT2D eigenvalue weighted by molar-refractivity contribution is 7.15. The first-order chi connectivity index (χ1) is 26.6. The fourth-order valence-electron chi connectivity index (χ4n) is 9.01. The lowest BCUT2D eigenvalue weighted by Crippen LogP contribution is -2.03. The number of fused-ring (bicyclic) bond motifs is 4. The first-order valence-electron chi connectivity index (χ1n) is 18.8. The smallest absolute Gasteiger partial charge is 0.124 e. The van der Waals surface area contributed by atoms with Crippen LogP contribution in [-0.2, 0) is 6.42 Å². The summed E-state index contributed by atoms with van der Waals surface area (Å²) in [6.07, 6.45) is 6.65. The van der Waals surface area contributed by atoms with Crippen molar-refractivity contribution in [2.75, 3.05) is 0 Å². The van der Waals surface area contributed by atoms with E-state index in [2.05, 4.69) is 172 Å². The van der Waals surface area contributed by atoms with Crippen LogP contribution in [0.25, 0.3) is 93.3 Å². The molecule has 8 aromatic carbocycles. The summed E-state index contributed by atoms with van der Waals surface area (Å²) in [7, 11) is 0. The average Bonchev–Trinajstić information content (AvgIpc) is 3.64. The predicted molar refractivity (Wildman–Crippen MR) is 233 cm³/mol. The van der Waals surface area contributed by atoms with Gasteiger partial charge in [-0.3, -0.25) is 0 Å². The summed E-state index contributed by atoms with van der Waals surface area (Å²) < 4.78 is 0. The summed E-state index contributed by atoms with van der Waals surface area (Å²) in [5, 5.41) is 19.5. The Balaban J connectivity index is 1.20. The summed E-state index contributed by atoms with van der Waals surface area (Å²) >= 11 is 1.87. The number of hydrogen-bond acceptors (Lipinski definition) is 2. The molecule has 9 aromatic rings. The van der Waals surface area contributed by atoms with E-state index in [1.807, 2.05) is 17.4 Å². The van der Waals surface area contributed by atoms with E-state index in [0.717, 1.165) is 46.2 Å². The Morgan fingerprint density at radius 2 is 1.07 bits per heavy atom. The topological polar surface area (TPSA) is 20.2 Å². The summed E-state index contributed by atoms with van der Waals surface area (Å²) in [5.74, 6) is 0.284. The Bertz CT molecular complexity index is 2910. The first kappa shape index (κ1) is 32.4. The van der Waals surface area contributed by atoms with Gasteiger partial charge in [0.25, 0.3) is 0 Å². The molecule has 0 atom stereocenters. The molecule has 1 nitrogen and oxygen atoms in total. The molecule has 2 heteroatoms. The molecular weight excluding hydrogens is 673 g/mol. The molecule has 0 amide bonds. The van der Waals surface area contributed by atoms with Crippen LogP contribution >= 0.6 is 11.3 Å². The molecule has 0 unspecified atom stereocenters. The molecule has 1 aromatic heterocycles. The second-order valence-electron chi connectivity index (χ2n) is 14.5. The van der Waals surface area contributed by atoms with Crippen molar-refractivity contribution in [3.05, 3.63) is 179 Å². The van der Waals surface area contributed by atoms with Gasteiger partial charge in [-0.05, 0) is 133 Å². The molecule has 0 aliphatic heterocycles. The number of phenolic OH excluding ortho intramolecular Hbond substituents is 1. The van der Waals surface area contributed by atoms with Gasteiger partial charge in [0.05, 0.1) is 0 Å². The van der Waals surface area contributed by atoms with Crippen molar-refractivity contribution in [2.45, 2.75) is 26.7 Å². The van der Waals surface area contributed by atoms with E-state index < -0.39 is 0 Å². The maximum absolute atomic E-state index is 12.2. The van der Waals surface area contributed by atoms with Crippen molar-refractivity contribution in [3.63, 3.8) is 0 Å². The molecule has 1 aliphatic rings. The van der Waals surface area contributed by atoms with Crippen LogP contribution in [0.3, 0.4) is 0 Å². The van der Waals surface area contributed by atoms with Gasteiger partial charge in [0, 0.05) is 20.9 Å². The molecule has 0 radical (unpaired) electrons. The fourth-order valence-corrected chi connectivity index (χ4v) is 9.96. The molecule has 0 saturated carbocycles. The molecule has 1 N–H and O–H groups in total. The number of hydrogen-bond donors (Lipinski definition) is 1. The van der Waals surface area contributed by atoms with Gasteiger partial charge < -0.3 is 5.11 Å². The Hall–Kier alpha value is -6.22. The van der Waals surface area contributed by atoms with E-state index in [4.69, 9.17) is 0 Å². The predicted octanol–water partition coefficient (Wildman–Crippen LogP) is 14.8. The van der Waals surface area contributed by atoms with Gasteiger partial charge in [-0.2, -0.15) is 0 Å². The minimum atomic E-state index is 0.284. The Kier molecular flexibility index (Phi) is 7.82. The summed E-state index contributed by atoms with van der Waals surface area (Å²) in [4.78, 5) is 2.63. The lowest BCUT2D eigenvalue weighted by molar-refractivity contribution is 0.477. The molecular formula is C52H38OS. The van der Waals surface area contributed by atoms with Crippen molar-refractivity contribution in [3.8, 4) is 60.7 Å². The zero-order valence-electron chi connectivity index (χ0n) is 30.4. The van der Waals surface area contributed by atoms with E-state index >= 15 is 0 Å². The van der Waals surface area contributed by atoms with Gasteiger partial charge in [0.1, 0.15) is 5.75 Å². The third kappa shape index (κ3) is 5.13. The Labute approximate surface area is 320 Å². The SMILES string of the molecule is Cc1ccc(-c2c3c(c(-c4cccc(C)c4-c4ccc(-c5c6ccccc6c(-c6ccccc6)c6ccccc56)cc4O)c4ccccc24)CCC=C3)s1. The van der Waals surface area contributed by atoms with Crippen LogP contribution in [0.1, 0.15) is 28.0 Å². The maximum atomic E-state index is 12.2. The minimum absolute atomic E-state index is 0.284. The lowest BCUT2D eigenvalue weighted by atomic mass is 9.79. The highest BCUT2D eigenvalue weighted by Gasteiger charge is 2.25. The number of aromatic hydroxyl groups is 1. The molecule has 258 valence electrons. The normalized spacial score (nSPS) is 12.5. The van der Waals surface area contributed by atoms with Crippen LogP contribution in [0, 0.1) is 13.8 Å². The molecule has 0 bridgehead atoms. The largest absolute Gasteiger partial charge is 0.507 e. The van der Waals surface area contributed by atoms with Crippen molar-refractivity contribution in [1.29, 1.82) is 0 Å². The Morgan fingerprint density at radius 3 is 1.69 bits per heavy atom. The molecule has 54 heavy (non-hydrogen) atoms. The summed E-state index contributed by atoms with van der Waals surface area (Å²) in [6.45, 7) is 4.36. The number of rotatable bonds is 5. The lowest BCUT2D eigenvalue weighted by Gasteiger charge is -2.25. The molecule has 1 aliphatic carbocycles. The average molecular weight is 711 g/mol. The van der Waals surface area contributed by atoms with Crippen molar-refractivity contribution < 1.29 is 5.11 Å². The number of allylic oxidation sites excluding steroid dienone is 1. The molecule has 10 rings (SSSR count). The number of aryl methyl sites for hydroxylation is 2. The van der Waals surface area contributed by atoms with Gasteiger partial charge in [-0.25, -0.2) is 0 Å². The number of benzene rings is 8. The van der Waals surface area contributed by atoms with Crippen LogP contribution in [0.2, 0.25) is 0 Å². The summed E-state index contributed by atoms with van der Waals surface area (Å²) in [5.41, 5.74) is 14.1. The van der Waals surface area contributed by atoms with E-state index in [1.54, 1.807) is 0 Å². The molecule has 1 heterocycles. The highest BCUT2D eigenvalue weighted by atomic mass is 32.1. The van der Waals surface area contributed by atoms with Crippen LogP contribution in [-0.4, -0.2) is 5.11 Å². The summed E-state index contributed by atoms with van der Waals surface area (Å²) in [6, 6.07) is 54.4. The third-order valence-corrected chi connectivity index (χ3v) is 12.3. The van der Waals surface area contributed by atoms with Crippen LogP contribution in [0.4, 0.5) is 0 Å². The van der Waals surface area contributed by atoms with E-state index in [0.29, 0.717) is 0 Å². The van der Waals surface area contributed by atoms with Gasteiger partial charge in [0.2, 0.25) is 0 Å². The van der Waals surface area contributed by atoms with Gasteiger partial charge in [-0.1, -0.05) is 146 Å². The monoisotopic (exact) mass is 710 g/mol.